The molecule has 2 N–H and O–H groups in total. The second-order valence-electron chi connectivity index (χ2n) is 10.9. The molecule has 0 fully saturated rings. The molecule has 5 heterocycles. The van der Waals surface area contributed by atoms with Gasteiger partial charge in [0.1, 0.15) is 0 Å². The summed E-state index contributed by atoms with van der Waals surface area (Å²) in [4.78, 5) is 18.2. The molecule has 0 saturated heterocycles. The second-order valence-corrected chi connectivity index (χ2v) is 10.9. The Morgan fingerprint density at radius 3 is 0.780 bits per heavy atom. The number of hydrogen-bond acceptors (Lipinski definition) is 2. The van der Waals surface area contributed by atoms with Crippen molar-refractivity contribution in [2.45, 2.75) is 107 Å². The average molecular weight is 730 g/mol. The van der Waals surface area contributed by atoms with Gasteiger partial charge in [-0.05, 0) is 120 Å². The Labute approximate surface area is 260 Å². The minimum Gasteiger partial charge on any atom is -0.355 e. The molecule has 0 saturated carbocycles. The van der Waals surface area contributed by atoms with Crippen LogP contribution in [-0.2, 0) is 46.7 Å². The summed E-state index contributed by atoms with van der Waals surface area (Å²) in [5.74, 6) is 0. The fourth-order valence-corrected chi connectivity index (χ4v) is 7.10. The average Bonchev–Trinajstić information content (AvgIpc) is 3.67. The maximum Gasteiger partial charge on any atom is 3.00 e. The van der Waals surface area contributed by atoms with Crippen molar-refractivity contribution in [2.24, 2.45) is 0 Å². The van der Waals surface area contributed by atoms with E-state index < -0.39 is 0 Å². The van der Waals surface area contributed by atoms with Crippen molar-refractivity contribution in [3.63, 3.8) is 0 Å². The van der Waals surface area contributed by atoms with Gasteiger partial charge in [0, 0.05) is 22.1 Å². The fourth-order valence-electron chi connectivity index (χ4n) is 7.10. The van der Waals surface area contributed by atoms with E-state index in [1.54, 1.807) is 0 Å². The molecule has 5 heteroatoms. The number of hydrogen-bond donors (Lipinski definition) is 2. The van der Waals surface area contributed by atoms with Crippen molar-refractivity contribution in [3.05, 3.63) is 69.3 Å². The molecule has 217 valence electrons. The monoisotopic (exact) mass is 729 g/mol. The number of aromatic nitrogens is 4. The van der Waals surface area contributed by atoms with Crippen LogP contribution in [0.15, 0.2) is 24.3 Å². The number of aryl methyl sites for hydroxylation is 4. The molecule has 0 spiro atoms. The number of nitrogens with one attached hydrogen (secondary N) is 2. The molecule has 8 bridgehead atoms. The maximum atomic E-state index is 5.29. The smallest absolute Gasteiger partial charge is 0.355 e. The van der Waals surface area contributed by atoms with Gasteiger partial charge in [0.25, 0.3) is 0 Å². The van der Waals surface area contributed by atoms with Crippen LogP contribution in [0, 0.1) is 0 Å². The van der Waals surface area contributed by atoms with E-state index in [0.29, 0.717) is 0 Å². The Morgan fingerprint density at radius 1 is 0.390 bits per heavy atom. The number of rotatable bonds is 8. The molecule has 2 aliphatic heterocycles. The van der Waals surface area contributed by atoms with Crippen molar-refractivity contribution in [1.82, 2.24) is 19.9 Å². The van der Waals surface area contributed by atoms with Gasteiger partial charge in [-0.2, -0.15) is 0 Å². The van der Waals surface area contributed by atoms with E-state index in [4.69, 9.17) is 9.97 Å². The van der Waals surface area contributed by atoms with Crippen LogP contribution in [0.2, 0.25) is 0 Å². The van der Waals surface area contributed by atoms with Crippen LogP contribution in [0.5, 0.6) is 0 Å². The van der Waals surface area contributed by atoms with Gasteiger partial charge in [-0.3, -0.25) is 0 Å². The molecule has 3 aromatic rings. The van der Waals surface area contributed by atoms with Gasteiger partial charge in [-0.1, -0.05) is 55.4 Å². The molecule has 0 atom stereocenters. The zero-order valence-corrected chi connectivity index (χ0v) is 28.4. The standard InChI is InChI=1S/C36H46N4.Pt/c1-9-21-22(10-2)30-18-32-25(13-5)26(14-6)34(39-32)20-36-28(16-8)27(15-7)35(40-36)19-33-24(12-4)23(11-3)31(38-33)17-29(21)37-30;/h17-20,37,40H,9-16H2,1-8H3;/q;+3. The van der Waals surface area contributed by atoms with Crippen LogP contribution < -0.4 is 0 Å². The summed E-state index contributed by atoms with van der Waals surface area (Å²) in [6.07, 6.45) is 7.84. The Bertz CT molecular complexity index is 1440. The summed E-state index contributed by atoms with van der Waals surface area (Å²) in [5, 5.41) is 0. The molecule has 4 nitrogen and oxygen atoms in total. The molecule has 0 aromatic carbocycles. The van der Waals surface area contributed by atoms with E-state index in [1.807, 2.05) is 0 Å². The number of allylic oxidation sites excluding steroid dienone is 4. The molecule has 3 aromatic heterocycles. The van der Waals surface area contributed by atoms with Crippen molar-refractivity contribution in [2.75, 3.05) is 0 Å². The van der Waals surface area contributed by atoms with Crippen molar-refractivity contribution >= 4 is 44.4 Å². The largest absolute Gasteiger partial charge is 3.00 e. The van der Waals surface area contributed by atoms with Crippen LogP contribution in [0.1, 0.15) is 126 Å². The molecular weight excluding hydrogens is 684 g/mol. The predicted molar refractivity (Wildman–Crippen MR) is 173 cm³/mol. The van der Waals surface area contributed by atoms with E-state index in [1.165, 1.54) is 66.6 Å². The summed E-state index contributed by atoms with van der Waals surface area (Å²) >= 11 is 0. The Hall–Kier alpha value is -2.71. The number of H-pyrrole nitrogens is 2. The minimum absolute atomic E-state index is 0. The second kappa shape index (κ2) is 13.1. The molecule has 1 radical (unpaired) electrons. The van der Waals surface area contributed by atoms with Crippen LogP contribution in [0.3, 0.4) is 0 Å². The number of fused-ring (bicyclic) bond motifs is 8. The van der Waals surface area contributed by atoms with E-state index >= 15 is 0 Å². The molecule has 2 aliphatic rings. The third kappa shape index (κ3) is 5.34. The summed E-state index contributed by atoms with van der Waals surface area (Å²) in [7, 11) is 0. The molecule has 41 heavy (non-hydrogen) atoms. The first-order valence-corrected chi connectivity index (χ1v) is 15.7. The van der Waals surface area contributed by atoms with Gasteiger partial charge in [0.05, 0.1) is 22.8 Å². The van der Waals surface area contributed by atoms with Gasteiger partial charge < -0.3 is 9.97 Å². The van der Waals surface area contributed by atoms with Crippen LogP contribution in [0.4, 0.5) is 0 Å². The van der Waals surface area contributed by atoms with Gasteiger partial charge in [-0.25, -0.2) is 9.97 Å². The first-order chi connectivity index (χ1) is 19.5. The quantitative estimate of drug-likeness (QED) is 0.243. The van der Waals surface area contributed by atoms with Crippen LogP contribution in [0.25, 0.3) is 44.4 Å². The molecule has 0 unspecified atom stereocenters. The Kier molecular flexibility index (Phi) is 9.96. The topological polar surface area (TPSA) is 57.4 Å². The third-order valence-electron chi connectivity index (χ3n) is 8.97. The molecule has 5 rings (SSSR count). The van der Waals surface area contributed by atoms with Gasteiger partial charge in [-0.15, -0.1) is 0 Å². The molecule has 0 amide bonds. The van der Waals surface area contributed by atoms with E-state index in [-0.39, 0.29) is 21.1 Å². The first kappa shape index (κ1) is 31.2. The SMILES string of the molecule is CCC1=C(CC)c2cc3[nH]c(cc4nc(cc5[nH]c(cc1n2)c(CC)c5CC)C(CC)=C4CC)c(CC)c3CC.[Pt+3]. The van der Waals surface area contributed by atoms with Crippen LogP contribution in [-0.4, -0.2) is 19.9 Å². The summed E-state index contributed by atoms with van der Waals surface area (Å²) in [5.41, 5.74) is 20.2. The van der Waals surface area contributed by atoms with E-state index in [0.717, 1.165) is 74.1 Å². The number of nitrogens with zero attached hydrogens (tertiary/aromatic N) is 2. The number of aromatic amines is 2. The van der Waals surface area contributed by atoms with Crippen molar-refractivity contribution in [1.29, 1.82) is 0 Å². The fraction of sp³-hybridized carbons (Fsp3) is 0.444. The van der Waals surface area contributed by atoms with Crippen molar-refractivity contribution in [3.8, 4) is 0 Å². The molecule has 0 aliphatic carbocycles. The van der Waals surface area contributed by atoms with Crippen LogP contribution >= 0.6 is 0 Å². The van der Waals surface area contributed by atoms with Gasteiger partial charge >= 0.3 is 21.1 Å². The Balaban J connectivity index is 0.00000387. The van der Waals surface area contributed by atoms with Gasteiger partial charge in [0.15, 0.2) is 0 Å². The first-order valence-electron chi connectivity index (χ1n) is 15.7. The summed E-state index contributed by atoms with van der Waals surface area (Å²) in [6, 6.07) is 9.24. The van der Waals surface area contributed by atoms with E-state index in [9.17, 15) is 0 Å². The van der Waals surface area contributed by atoms with Crippen molar-refractivity contribution < 1.29 is 21.1 Å². The van der Waals surface area contributed by atoms with E-state index in [2.05, 4.69) is 89.6 Å². The zero-order chi connectivity index (χ0) is 28.6. The maximum absolute atomic E-state index is 5.29. The molecular formula is C36H46N4Pt+3. The third-order valence-corrected chi connectivity index (χ3v) is 8.97. The summed E-state index contributed by atoms with van der Waals surface area (Å²) < 4.78 is 0. The normalized spacial score (nSPS) is 13.3. The zero-order valence-electron chi connectivity index (χ0n) is 26.2. The predicted octanol–water partition coefficient (Wildman–Crippen LogP) is 10.0. The Morgan fingerprint density at radius 2 is 0.610 bits per heavy atom. The van der Waals surface area contributed by atoms with Gasteiger partial charge in [0.2, 0.25) is 0 Å². The summed E-state index contributed by atoms with van der Waals surface area (Å²) in [6.45, 7) is 18.1. The minimum atomic E-state index is 0.